The SMILES string of the molecule is COc1cc2c(cc1OC)[C@@H]1C(=O)c3ccc4c(c3O[C@@H]1CO2)C[C@H]([C@](C)(O)C[76Br])O4. The number of aliphatic hydroxyl groups is 1. The smallest absolute Gasteiger partial charge is 0.178 e. The van der Waals surface area contributed by atoms with Gasteiger partial charge in [-0.25, -0.2) is 0 Å². The van der Waals surface area contributed by atoms with E-state index in [0.717, 1.165) is 11.1 Å². The van der Waals surface area contributed by atoms with Crippen molar-refractivity contribution >= 4 is 21.7 Å². The minimum Gasteiger partial charge on any atom is -0.493 e. The van der Waals surface area contributed by atoms with Crippen LogP contribution in [0.15, 0.2) is 24.3 Å². The van der Waals surface area contributed by atoms with Gasteiger partial charge in [0.1, 0.15) is 41.7 Å². The molecule has 3 aliphatic heterocycles. The molecule has 0 radical (unpaired) electrons. The summed E-state index contributed by atoms with van der Waals surface area (Å²) in [6.45, 7) is 1.96. The van der Waals surface area contributed by atoms with E-state index < -0.39 is 23.7 Å². The number of methoxy groups -OCH3 is 2. The Labute approximate surface area is 188 Å². The third-order valence-electron chi connectivity index (χ3n) is 6.28. The monoisotopic (exact) mass is 487 g/mol. The van der Waals surface area contributed by atoms with Gasteiger partial charge in [-0.2, -0.15) is 0 Å². The summed E-state index contributed by atoms with van der Waals surface area (Å²) in [6.07, 6.45) is -0.428. The zero-order valence-electron chi connectivity index (χ0n) is 17.4. The first-order valence-corrected chi connectivity index (χ1v) is 11.2. The van der Waals surface area contributed by atoms with Gasteiger partial charge < -0.3 is 28.8 Å². The zero-order chi connectivity index (χ0) is 21.9. The van der Waals surface area contributed by atoms with Gasteiger partial charge in [-0.3, -0.25) is 4.79 Å². The molecule has 164 valence electrons. The van der Waals surface area contributed by atoms with Gasteiger partial charge in [-0.1, -0.05) is 15.9 Å². The number of benzene rings is 2. The average Bonchev–Trinajstić information content (AvgIpc) is 3.23. The lowest BCUT2D eigenvalue weighted by atomic mass is 9.81. The predicted octanol–water partition coefficient (Wildman–Crippen LogP) is 3.27. The van der Waals surface area contributed by atoms with Gasteiger partial charge in [0.2, 0.25) is 0 Å². The number of fused-ring (bicyclic) bond motifs is 6. The van der Waals surface area contributed by atoms with Crippen molar-refractivity contribution in [2.75, 3.05) is 26.2 Å². The van der Waals surface area contributed by atoms with Crippen LogP contribution in [0.1, 0.15) is 34.3 Å². The van der Waals surface area contributed by atoms with Crippen LogP contribution in [0.3, 0.4) is 0 Å². The molecular weight excluding hydrogens is 464 g/mol. The molecule has 2 aromatic rings. The van der Waals surface area contributed by atoms with Gasteiger partial charge in [-0.15, -0.1) is 0 Å². The largest absolute Gasteiger partial charge is 0.493 e. The second-order valence-corrected chi connectivity index (χ2v) is 8.84. The Balaban J connectivity index is 1.55. The molecule has 2 aromatic carbocycles. The van der Waals surface area contributed by atoms with Crippen molar-refractivity contribution in [2.45, 2.75) is 37.1 Å². The molecule has 3 aliphatic rings. The van der Waals surface area contributed by atoms with Crippen molar-refractivity contribution in [1.29, 1.82) is 0 Å². The number of Topliss-reactive ketones (excluding diaryl/α,β-unsaturated/α-hetero) is 1. The van der Waals surface area contributed by atoms with E-state index in [9.17, 15) is 9.90 Å². The first-order valence-electron chi connectivity index (χ1n) is 10.1. The molecule has 0 aliphatic carbocycles. The maximum atomic E-state index is 13.6. The molecule has 0 unspecified atom stereocenters. The topological polar surface area (TPSA) is 83.5 Å². The number of rotatable bonds is 4. The van der Waals surface area contributed by atoms with E-state index in [1.165, 1.54) is 0 Å². The molecule has 4 atom stereocenters. The van der Waals surface area contributed by atoms with Crippen LogP contribution >= 0.6 is 15.9 Å². The summed E-state index contributed by atoms with van der Waals surface area (Å²) in [4.78, 5) is 13.6. The number of alkyl halides is 1. The van der Waals surface area contributed by atoms with E-state index in [-0.39, 0.29) is 12.4 Å². The lowest BCUT2D eigenvalue weighted by Crippen LogP contribution is -2.44. The third-order valence-corrected chi connectivity index (χ3v) is 7.42. The summed E-state index contributed by atoms with van der Waals surface area (Å²) >= 11 is 3.34. The highest BCUT2D eigenvalue weighted by Crippen LogP contribution is 2.50. The maximum Gasteiger partial charge on any atom is 0.178 e. The molecule has 0 spiro atoms. The molecule has 5 rings (SSSR count). The van der Waals surface area contributed by atoms with Gasteiger partial charge in [0.05, 0.1) is 25.7 Å². The second kappa shape index (κ2) is 7.31. The number of ether oxygens (including phenoxy) is 5. The standard InChI is InChI=1S/C23H23BrO7/c1-23(26,10-24)19-7-13-14(30-19)5-4-11-21(25)20-12-6-16(27-2)17(28-3)8-15(12)29-9-18(20)31-22(11)13/h4-6,8,18-20,26H,7,9-10H2,1-3H3/t18-,19-,20+,23-/m1/s1/i24-4. The number of carbonyl (C=O) groups excluding carboxylic acids is 1. The normalized spacial score (nSPS) is 24.9. The Hall–Kier alpha value is -2.45. The first-order chi connectivity index (χ1) is 14.9. The molecule has 3 heterocycles. The molecule has 31 heavy (non-hydrogen) atoms. The summed E-state index contributed by atoms with van der Waals surface area (Å²) < 4.78 is 29.0. The maximum absolute atomic E-state index is 13.6. The summed E-state index contributed by atoms with van der Waals surface area (Å²) in [7, 11) is 3.12. The lowest BCUT2D eigenvalue weighted by molar-refractivity contribution is -0.0181. The van der Waals surface area contributed by atoms with E-state index in [4.69, 9.17) is 23.7 Å². The molecule has 0 bridgehead atoms. The fraction of sp³-hybridized carbons (Fsp3) is 0.435. The summed E-state index contributed by atoms with van der Waals surface area (Å²) in [5.41, 5.74) is 1.01. The van der Waals surface area contributed by atoms with Crippen LogP contribution in [0, 0.1) is 0 Å². The van der Waals surface area contributed by atoms with Crippen LogP contribution in [-0.2, 0) is 6.42 Å². The van der Waals surface area contributed by atoms with Gasteiger partial charge in [0.25, 0.3) is 0 Å². The van der Waals surface area contributed by atoms with Crippen molar-refractivity contribution in [1.82, 2.24) is 0 Å². The van der Waals surface area contributed by atoms with E-state index in [2.05, 4.69) is 15.9 Å². The van der Waals surface area contributed by atoms with Crippen LogP contribution in [0.4, 0.5) is 0 Å². The quantitative estimate of drug-likeness (QED) is 0.663. The van der Waals surface area contributed by atoms with Crippen molar-refractivity contribution in [2.24, 2.45) is 0 Å². The molecule has 0 saturated carbocycles. The Morgan fingerprint density at radius 1 is 1.16 bits per heavy atom. The number of halogens is 1. The van der Waals surface area contributed by atoms with E-state index in [0.29, 0.717) is 46.1 Å². The molecule has 0 aromatic heterocycles. The van der Waals surface area contributed by atoms with E-state index >= 15 is 0 Å². The number of hydrogen-bond acceptors (Lipinski definition) is 7. The van der Waals surface area contributed by atoms with Gasteiger partial charge >= 0.3 is 0 Å². The summed E-state index contributed by atoms with van der Waals surface area (Å²) in [5, 5.41) is 11.0. The molecule has 0 saturated heterocycles. The minimum absolute atomic E-state index is 0.0264. The summed E-state index contributed by atoms with van der Waals surface area (Å²) in [5.74, 6) is 2.32. The first kappa shape index (κ1) is 20.5. The fourth-order valence-corrected chi connectivity index (χ4v) is 4.86. The van der Waals surface area contributed by atoms with Gasteiger partial charge in [-0.05, 0) is 25.1 Å². The average molecular weight is 487 g/mol. The second-order valence-electron chi connectivity index (χ2n) is 8.27. The summed E-state index contributed by atoms with van der Waals surface area (Å²) in [6, 6.07) is 7.07. The Bertz CT molecular complexity index is 1060. The van der Waals surface area contributed by atoms with Gasteiger partial charge in [0.15, 0.2) is 17.3 Å². The molecule has 1 N–H and O–H groups in total. The Morgan fingerprint density at radius 2 is 1.90 bits per heavy atom. The highest BCUT2D eigenvalue weighted by molar-refractivity contribution is 9.09. The van der Waals surface area contributed by atoms with E-state index in [1.807, 2.05) is 0 Å². The van der Waals surface area contributed by atoms with Crippen molar-refractivity contribution in [3.05, 3.63) is 41.0 Å². The molecule has 7 nitrogen and oxygen atoms in total. The highest BCUT2D eigenvalue weighted by atomic mass is 75.9. The van der Waals surface area contributed by atoms with Crippen LogP contribution in [0.5, 0.6) is 28.7 Å². The zero-order valence-corrected chi connectivity index (χ0v) is 19.0. The van der Waals surface area contributed by atoms with Gasteiger partial charge in [0, 0.05) is 28.9 Å². The van der Waals surface area contributed by atoms with E-state index in [1.54, 1.807) is 45.4 Å². The van der Waals surface area contributed by atoms with Crippen molar-refractivity contribution in [3.8, 4) is 28.7 Å². The van der Waals surface area contributed by atoms with Crippen LogP contribution in [0.2, 0.25) is 0 Å². The molecule has 0 amide bonds. The van der Waals surface area contributed by atoms with Crippen LogP contribution in [-0.4, -0.2) is 54.9 Å². The van der Waals surface area contributed by atoms with Crippen LogP contribution in [0.25, 0.3) is 0 Å². The lowest BCUT2D eigenvalue weighted by Gasteiger charge is -2.37. The fourth-order valence-electron chi connectivity index (χ4n) is 4.50. The van der Waals surface area contributed by atoms with Crippen molar-refractivity contribution in [3.63, 3.8) is 0 Å². The molecule has 8 heteroatoms. The minimum atomic E-state index is -1.05. The predicted molar refractivity (Wildman–Crippen MR) is 116 cm³/mol. The number of ketones is 1. The third kappa shape index (κ3) is 3.07. The number of carbonyl (C=O) groups is 1. The Morgan fingerprint density at radius 3 is 2.61 bits per heavy atom. The number of hydrogen-bond donors (Lipinski definition) is 1. The van der Waals surface area contributed by atoms with Crippen LogP contribution < -0.4 is 23.7 Å². The Kier molecular flexibility index (Phi) is 4.82. The highest BCUT2D eigenvalue weighted by Gasteiger charge is 2.47. The molecule has 0 fully saturated rings. The molecular formula is C23H23BrO7. The van der Waals surface area contributed by atoms with Crippen molar-refractivity contribution < 1.29 is 33.6 Å².